The van der Waals surface area contributed by atoms with Gasteiger partial charge in [0.25, 0.3) is 11.8 Å². The van der Waals surface area contributed by atoms with E-state index in [4.69, 9.17) is 0 Å². The summed E-state index contributed by atoms with van der Waals surface area (Å²) >= 11 is 3.00. The van der Waals surface area contributed by atoms with Crippen molar-refractivity contribution in [3.8, 4) is 9.88 Å². The lowest BCUT2D eigenvalue weighted by atomic mass is 10.1. The van der Waals surface area contributed by atoms with Crippen LogP contribution in [0.15, 0.2) is 48.0 Å². The molecule has 0 aliphatic carbocycles. The zero-order chi connectivity index (χ0) is 20.2. The molecule has 8 heteroatoms. The van der Waals surface area contributed by atoms with Crippen molar-refractivity contribution in [1.82, 2.24) is 20.1 Å². The highest BCUT2D eigenvalue weighted by molar-refractivity contribution is 7.21. The van der Waals surface area contributed by atoms with Crippen LogP contribution in [-0.4, -0.2) is 59.8 Å². The van der Waals surface area contributed by atoms with Gasteiger partial charge in [-0.3, -0.25) is 9.59 Å². The van der Waals surface area contributed by atoms with Crippen molar-refractivity contribution in [3.05, 3.63) is 64.0 Å². The standard InChI is InChI=1S/C21H22N4O2S2/c1-24-8-10-25(11-9-24)21(27)16-6-4-15(5-7-16)13-22-19(26)18-14-23-20(29-18)17-3-2-12-28-17/h2-7,12,14H,8-11,13H2,1H3,(H,22,26). The number of hydrogen-bond acceptors (Lipinski definition) is 6. The Kier molecular flexibility index (Phi) is 6.03. The van der Waals surface area contributed by atoms with E-state index in [1.807, 2.05) is 46.7 Å². The summed E-state index contributed by atoms with van der Waals surface area (Å²) in [5, 5.41) is 5.78. The summed E-state index contributed by atoms with van der Waals surface area (Å²) in [4.78, 5) is 35.1. The fraction of sp³-hybridized carbons (Fsp3) is 0.286. The Morgan fingerprint density at radius 3 is 2.55 bits per heavy atom. The third kappa shape index (κ3) is 4.72. The number of carbonyl (C=O) groups is 2. The Bertz CT molecular complexity index is 975. The molecule has 4 rings (SSSR count). The summed E-state index contributed by atoms with van der Waals surface area (Å²) in [6, 6.07) is 11.4. The average Bonchev–Trinajstić information content (AvgIpc) is 3.44. The van der Waals surface area contributed by atoms with E-state index in [0.29, 0.717) is 17.0 Å². The van der Waals surface area contributed by atoms with Gasteiger partial charge in [-0.25, -0.2) is 4.98 Å². The third-order valence-corrected chi connectivity index (χ3v) is 6.94. The first-order valence-electron chi connectivity index (χ1n) is 9.45. The number of carbonyl (C=O) groups excluding carboxylic acids is 2. The van der Waals surface area contributed by atoms with Crippen LogP contribution in [0.5, 0.6) is 0 Å². The van der Waals surface area contributed by atoms with Crippen LogP contribution in [0.3, 0.4) is 0 Å². The van der Waals surface area contributed by atoms with E-state index in [2.05, 4.69) is 22.2 Å². The Morgan fingerprint density at radius 2 is 1.86 bits per heavy atom. The molecule has 1 saturated heterocycles. The lowest BCUT2D eigenvalue weighted by Gasteiger charge is -2.32. The maximum atomic E-state index is 12.6. The number of thiophene rings is 1. The molecule has 3 heterocycles. The zero-order valence-corrected chi connectivity index (χ0v) is 17.8. The molecule has 0 saturated carbocycles. The van der Waals surface area contributed by atoms with Crippen molar-refractivity contribution >= 4 is 34.5 Å². The highest BCUT2D eigenvalue weighted by Crippen LogP contribution is 2.28. The second-order valence-corrected chi connectivity index (χ2v) is 8.96. The number of thiazole rings is 1. The van der Waals surface area contributed by atoms with Gasteiger partial charge in [0.15, 0.2) is 0 Å². The number of amides is 2. The van der Waals surface area contributed by atoms with Gasteiger partial charge in [0, 0.05) is 38.3 Å². The molecule has 6 nitrogen and oxygen atoms in total. The van der Waals surface area contributed by atoms with Crippen LogP contribution < -0.4 is 5.32 Å². The summed E-state index contributed by atoms with van der Waals surface area (Å²) in [6.45, 7) is 3.74. The molecule has 1 aliphatic rings. The molecule has 0 radical (unpaired) electrons. The molecule has 2 aromatic heterocycles. The molecule has 1 fully saturated rings. The Hall–Kier alpha value is -2.55. The monoisotopic (exact) mass is 426 g/mol. The van der Waals surface area contributed by atoms with Gasteiger partial charge in [0.2, 0.25) is 0 Å². The SMILES string of the molecule is CN1CCN(C(=O)c2ccc(CNC(=O)c3cnc(-c4cccs4)s3)cc2)CC1. The second kappa shape index (κ2) is 8.86. The molecule has 1 N–H and O–H groups in total. The number of nitrogens with one attached hydrogen (secondary N) is 1. The van der Waals surface area contributed by atoms with Crippen LogP contribution >= 0.6 is 22.7 Å². The van der Waals surface area contributed by atoms with Crippen LogP contribution in [0.25, 0.3) is 9.88 Å². The van der Waals surface area contributed by atoms with Crippen molar-refractivity contribution in [2.24, 2.45) is 0 Å². The molecule has 1 aromatic carbocycles. The summed E-state index contributed by atoms with van der Waals surface area (Å²) in [6.07, 6.45) is 1.62. The fourth-order valence-corrected chi connectivity index (χ4v) is 4.76. The van der Waals surface area contributed by atoms with Gasteiger partial charge in [-0.1, -0.05) is 18.2 Å². The van der Waals surface area contributed by atoms with Crippen LogP contribution in [0.2, 0.25) is 0 Å². The normalized spacial score (nSPS) is 14.7. The van der Waals surface area contributed by atoms with Gasteiger partial charge in [0.05, 0.1) is 11.1 Å². The molecule has 2 amide bonds. The number of nitrogens with zero attached hydrogens (tertiary/aromatic N) is 3. The number of piperazine rings is 1. The minimum Gasteiger partial charge on any atom is -0.347 e. The highest BCUT2D eigenvalue weighted by atomic mass is 32.1. The molecule has 0 atom stereocenters. The number of aromatic nitrogens is 1. The summed E-state index contributed by atoms with van der Waals surface area (Å²) in [5.41, 5.74) is 1.64. The smallest absolute Gasteiger partial charge is 0.263 e. The Labute approximate surface area is 177 Å². The number of rotatable bonds is 5. The number of likely N-dealkylation sites (N-methyl/N-ethyl adjacent to an activating group) is 1. The largest absolute Gasteiger partial charge is 0.347 e. The maximum Gasteiger partial charge on any atom is 0.263 e. The summed E-state index contributed by atoms with van der Waals surface area (Å²) < 4.78 is 0. The van der Waals surface area contributed by atoms with E-state index < -0.39 is 0 Å². The molecule has 150 valence electrons. The van der Waals surface area contributed by atoms with Gasteiger partial charge < -0.3 is 15.1 Å². The minimum absolute atomic E-state index is 0.0689. The summed E-state index contributed by atoms with van der Waals surface area (Å²) in [5.74, 6) is -0.0673. The van der Waals surface area contributed by atoms with E-state index >= 15 is 0 Å². The molecule has 0 bridgehead atoms. The van der Waals surface area contributed by atoms with Crippen molar-refractivity contribution in [1.29, 1.82) is 0 Å². The highest BCUT2D eigenvalue weighted by Gasteiger charge is 2.20. The average molecular weight is 427 g/mol. The lowest BCUT2D eigenvalue weighted by Crippen LogP contribution is -2.47. The molecule has 3 aromatic rings. The van der Waals surface area contributed by atoms with E-state index in [1.165, 1.54) is 11.3 Å². The first-order valence-corrected chi connectivity index (χ1v) is 11.1. The molecule has 0 spiro atoms. The van der Waals surface area contributed by atoms with Crippen LogP contribution in [0, 0.1) is 0 Å². The van der Waals surface area contributed by atoms with E-state index in [0.717, 1.165) is 41.6 Å². The van der Waals surface area contributed by atoms with Crippen molar-refractivity contribution in [2.75, 3.05) is 33.2 Å². The van der Waals surface area contributed by atoms with Gasteiger partial charge >= 0.3 is 0 Å². The lowest BCUT2D eigenvalue weighted by molar-refractivity contribution is 0.0664. The molecule has 29 heavy (non-hydrogen) atoms. The van der Waals surface area contributed by atoms with E-state index in [9.17, 15) is 9.59 Å². The Morgan fingerprint density at radius 1 is 1.10 bits per heavy atom. The van der Waals surface area contributed by atoms with Crippen molar-refractivity contribution in [3.63, 3.8) is 0 Å². The molecule has 1 aliphatic heterocycles. The van der Waals surface area contributed by atoms with Gasteiger partial charge in [-0.2, -0.15) is 0 Å². The number of hydrogen-bond donors (Lipinski definition) is 1. The van der Waals surface area contributed by atoms with Gasteiger partial charge in [0.1, 0.15) is 9.88 Å². The van der Waals surface area contributed by atoms with Gasteiger partial charge in [-0.15, -0.1) is 22.7 Å². The van der Waals surface area contributed by atoms with E-state index in [1.54, 1.807) is 17.5 Å². The summed E-state index contributed by atoms with van der Waals surface area (Å²) in [7, 11) is 2.07. The maximum absolute atomic E-state index is 12.6. The van der Waals surface area contributed by atoms with Crippen LogP contribution in [0.4, 0.5) is 0 Å². The predicted octanol–water partition coefficient (Wildman–Crippen LogP) is 3.19. The van der Waals surface area contributed by atoms with Crippen LogP contribution in [-0.2, 0) is 6.54 Å². The molecular weight excluding hydrogens is 404 g/mol. The first kappa shape index (κ1) is 19.8. The molecular formula is C21H22N4O2S2. The molecule has 0 unspecified atom stereocenters. The third-order valence-electron chi connectivity index (χ3n) is 4.91. The fourth-order valence-electron chi connectivity index (χ4n) is 3.12. The van der Waals surface area contributed by atoms with E-state index in [-0.39, 0.29) is 11.8 Å². The minimum atomic E-state index is -0.136. The number of benzene rings is 1. The topological polar surface area (TPSA) is 65.5 Å². The van der Waals surface area contributed by atoms with Crippen LogP contribution in [0.1, 0.15) is 25.6 Å². The van der Waals surface area contributed by atoms with Crippen molar-refractivity contribution in [2.45, 2.75) is 6.54 Å². The second-order valence-electron chi connectivity index (χ2n) is 6.98. The quantitative estimate of drug-likeness (QED) is 0.681. The predicted molar refractivity (Wildman–Crippen MR) is 116 cm³/mol. The van der Waals surface area contributed by atoms with Gasteiger partial charge in [-0.05, 0) is 36.2 Å². The zero-order valence-electron chi connectivity index (χ0n) is 16.1. The van der Waals surface area contributed by atoms with Crippen molar-refractivity contribution < 1.29 is 9.59 Å². The Balaban J connectivity index is 1.32. The first-order chi connectivity index (χ1) is 14.1.